The molecular weight excluding hydrogens is 464 g/mol. The molecule has 1 N–H and O–H groups in total. The maximum Gasteiger partial charge on any atom is 0.341 e. The highest BCUT2D eigenvalue weighted by molar-refractivity contribution is 7.17. The van der Waals surface area contributed by atoms with E-state index in [0.29, 0.717) is 16.1 Å². The van der Waals surface area contributed by atoms with Crippen molar-refractivity contribution in [3.63, 3.8) is 0 Å². The molecule has 1 aromatic carbocycles. The van der Waals surface area contributed by atoms with Gasteiger partial charge >= 0.3 is 11.9 Å². The number of hydrogen-bond donors (Lipinski definition) is 1. The molecular formula is C27H30N2O5S. The zero-order valence-corrected chi connectivity index (χ0v) is 21.3. The fourth-order valence-corrected chi connectivity index (χ4v) is 5.75. The standard InChI is InChI=1S/C27H30N2O5S/c1-16(2)34-27(32)24-20-12-8-9-13-22(20)35-25(24)28-23(30)15-33-26(31)21-14-17(3)29(18(21)4)19-10-6-5-7-11-19/h5-7,10-11,14,16H,8-9,12-13,15H2,1-4H3,(H,28,30). The summed E-state index contributed by atoms with van der Waals surface area (Å²) in [4.78, 5) is 39.4. The molecule has 0 bridgehead atoms. The van der Waals surface area contributed by atoms with E-state index in [2.05, 4.69) is 5.32 Å². The van der Waals surface area contributed by atoms with E-state index in [1.807, 2.05) is 48.7 Å². The third kappa shape index (κ3) is 5.32. The van der Waals surface area contributed by atoms with Gasteiger partial charge in [-0.1, -0.05) is 18.2 Å². The molecule has 0 spiro atoms. The van der Waals surface area contributed by atoms with Gasteiger partial charge in [0.15, 0.2) is 6.61 Å². The number of para-hydroxylation sites is 1. The van der Waals surface area contributed by atoms with Crippen LogP contribution in [0.4, 0.5) is 5.00 Å². The molecule has 0 radical (unpaired) electrons. The first-order valence-electron chi connectivity index (χ1n) is 11.8. The first-order valence-corrected chi connectivity index (χ1v) is 12.6. The summed E-state index contributed by atoms with van der Waals surface area (Å²) in [5, 5.41) is 3.25. The van der Waals surface area contributed by atoms with E-state index >= 15 is 0 Å². The van der Waals surface area contributed by atoms with Crippen LogP contribution in [-0.2, 0) is 27.1 Å². The van der Waals surface area contributed by atoms with Crippen LogP contribution in [0.3, 0.4) is 0 Å². The molecule has 4 rings (SSSR count). The minimum absolute atomic E-state index is 0.263. The minimum Gasteiger partial charge on any atom is -0.459 e. The summed E-state index contributed by atoms with van der Waals surface area (Å²) in [6, 6.07) is 11.5. The van der Waals surface area contributed by atoms with Gasteiger partial charge in [-0.3, -0.25) is 4.79 Å². The fourth-order valence-electron chi connectivity index (χ4n) is 4.46. The Labute approximate surface area is 209 Å². The monoisotopic (exact) mass is 494 g/mol. The zero-order valence-electron chi connectivity index (χ0n) is 20.5. The number of amides is 1. The highest BCUT2D eigenvalue weighted by Gasteiger charge is 2.28. The number of thiophene rings is 1. The number of rotatable bonds is 7. The van der Waals surface area contributed by atoms with Crippen LogP contribution in [0.5, 0.6) is 0 Å². The maximum absolute atomic E-state index is 12.8. The number of carbonyl (C=O) groups excluding carboxylic acids is 3. The van der Waals surface area contributed by atoms with E-state index in [1.165, 1.54) is 11.3 Å². The lowest BCUT2D eigenvalue weighted by atomic mass is 9.95. The topological polar surface area (TPSA) is 86.6 Å². The largest absolute Gasteiger partial charge is 0.459 e. The van der Waals surface area contributed by atoms with Crippen molar-refractivity contribution in [1.82, 2.24) is 4.57 Å². The van der Waals surface area contributed by atoms with Crippen LogP contribution in [0.15, 0.2) is 36.4 Å². The van der Waals surface area contributed by atoms with Gasteiger partial charge in [-0.05, 0) is 77.1 Å². The van der Waals surface area contributed by atoms with Gasteiger partial charge in [0.25, 0.3) is 5.91 Å². The highest BCUT2D eigenvalue weighted by Crippen LogP contribution is 2.38. The first-order chi connectivity index (χ1) is 16.8. The Balaban J connectivity index is 1.46. The summed E-state index contributed by atoms with van der Waals surface area (Å²) in [6.45, 7) is 6.90. The van der Waals surface area contributed by atoms with E-state index in [4.69, 9.17) is 9.47 Å². The Kier molecular flexibility index (Phi) is 7.40. The lowest BCUT2D eigenvalue weighted by Crippen LogP contribution is -2.22. The number of aromatic nitrogens is 1. The minimum atomic E-state index is -0.569. The number of fused-ring (bicyclic) bond motifs is 1. The Morgan fingerprint density at radius 3 is 2.49 bits per heavy atom. The van der Waals surface area contributed by atoms with Crippen LogP contribution in [0.1, 0.15) is 69.2 Å². The second-order valence-electron chi connectivity index (χ2n) is 8.95. The van der Waals surface area contributed by atoms with Crippen molar-refractivity contribution < 1.29 is 23.9 Å². The number of carbonyl (C=O) groups is 3. The summed E-state index contributed by atoms with van der Waals surface area (Å²) < 4.78 is 12.7. The van der Waals surface area contributed by atoms with E-state index in [0.717, 1.165) is 53.2 Å². The Hall–Kier alpha value is -3.39. The van der Waals surface area contributed by atoms with Gasteiger partial charge in [0, 0.05) is 22.0 Å². The molecule has 2 heterocycles. The summed E-state index contributed by atoms with van der Waals surface area (Å²) in [5.74, 6) is -1.49. The van der Waals surface area contributed by atoms with Crippen LogP contribution in [-0.4, -0.2) is 35.1 Å². The molecule has 0 unspecified atom stereocenters. The average Bonchev–Trinajstić information content (AvgIpc) is 3.33. The predicted octanol–water partition coefficient (Wildman–Crippen LogP) is 5.40. The van der Waals surface area contributed by atoms with Crippen molar-refractivity contribution in [3.05, 3.63) is 69.4 Å². The van der Waals surface area contributed by atoms with Gasteiger partial charge in [0.05, 0.1) is 17.2 Å². The highest BCUT2D eigenvalue weighted by atomic mass is 32.1. The molecule has 35 heavy (non-hydrogen) atoms. The van der Waals surface area contributed by atoms with E-state index < -0.39 is 24.5 Å². The van der Waals surface area contributed by atoms with Crippen LogP contribution in [0, 0.1) is 13.8 Å². The number of ether oxygens (including phenoxy) is 2. The lowest BCUT2D eigenvalue weighted by Gasteiger charge is -2.14. The summed E-state index contributed by atoms with van der Waals surface area (Å²) in [7, 11) is 0. The summed E-state index contributed by atoms with van der Waals surface area (Å²) in [5.41, 5.74) is 4.39. The number of nitrogens with zero attached hydrogens (tertiary/aromatic N) is 1. The quantitative estimate of drug-likeness (QED) is 0.445. The number of aryl methyl sites for hydroxylation is 2. The third-order valence-electron chi connectivity index (χ3n) is 5.97. The van der Waals surface area contributed by atoms with Crippen molar-refractivity contribution in [2.45, 2.75) is 59.5 Å². The van der Waals surface area contributed by atoms with Crippen molar-refractivity contribution in [3.8, 4) is 5.69 Å². The molecule has 3 aromatic rings. The molecule has 8 heteroatoms. The van der Waals surface area contributed by atoms with E-state index in [1.54, 1.807) is 19.9 Å². The summed E-state index contributed by atoms with van der Waals surface area (Å²) in [6.07, 6.45) is 3.46. The Morgan fingerprint density at radius 1 is 1.06 bits per heavy atom. The molecule has 184 valence electrons. The van der Waals surface area contributed by atoms with Crippen LogP contribution in [0.2, 0.25) is 0 Å². The van der Waals surface area contributed by atoms with Gasteiger partial charge in [-0.25, -0.2) is 9.59 Å². The van der Waals surface area contributed by atoms with Crippen LogP contribution < -0.4 is 5.32 Å². The van der Waals surface area contributed by atoms with Gasteiger partial charge in [-0.2, -0.15) is 0 Å². The molecule has 0 saturated heterocycles. The average molecular weight is 495 g/mol. The molecule has 1 aliphatic rings. The van der Waals surface area contributed by atoms with Gasteiger partial charge < -0.3 is 19.4 Å². The number of anilines is 1. The molecule has 0 saturated carbocycles. The zero-order chi connectivity index (χ0) is 25.1. The maximum atomic E-state index is 12.8. The van der Waals surface area contributed by atoms with E-state index in [-0.39, 0.29) is 6.10 Å². The lowest BCUT2D eigenvalue weighted by molar-refractivity contribution is -0.119. The fraction of sp³-hybridized carbons (Fsp3) is 0.370. The molecule has 2 aromatic heterocycles. The number of hydrogen-bond acceptors (Lipinski definition) is 6. The van der Waals surface area contributed by atoms with E-state index in [9.17, 15) is 14.4 Å². The van der Waals surface area contributed by atoms with Gasteiger partial charge in [-0.15, -0.1) is 11.3 Å². The third-order valence-corrected chi connectivity index (χ3v) is 7.18. The summed E-state index contributed by atoms with van der Waals surface area (Å²) >= 11 is 1.41. The molecule has 1 aliphatic carbocycles. The Bertz CT molecular complexity index is 1260. The molecule has 1 amide bonds. The van der Waals surface area contributed by atoms with Gasteiger partial charge in [0.2, 0.25) is 0 Å². The van der Waals surface area contributed by atoms with Crippen molar-refractivity contribution >= 4 is 34.2 Å². The van der Waals surface area contributed by atoms with Crippen molar-refractivity contribution in [2.75, 3.05) is 11.9 Å². The van der Waals surface area contributed by atoms with Gasteiger partial charge in [0.1, 0.15) is 5.00 Å². The normalized spacial score (nSPS) is 12.8. The number of esters is 2. The number of nitrogens with one attached hydrogen (secondary N) is 1. The SMILES string of the molecule is Cc1cc(C(=O)OCC(=O)Nc2sc3c(c2C(=O)OC(C)C)CCCC3)c(C)n1-c1ccccc1. The van der Waals surface area contributed by atoms with Crippen LogP contribution in [0.25, 0.3) is 5.69 Å². The van der Waals surface area contributed by atoms with Crippen LogP contribution >= 0.6 is 11.3 Å². The second kappa shape index (κ2) is 10.5. The van der Waals surface area contributed by atoms with Crippen molar-refractivity contribution in [2.24, 2.45) is 0 Å². The Morgan fingerprint density at radius 2 is 1.77 bits per heavy atom. The molecule has 7 nitrogen and oxygen atoms in total. The first kappa shape index (κ1) is 24.7. The second-order valence-corrected chi connectivity index (χ2v) is 10.1. The molecule has 0 atom stereocenters. The van der Waals surface area contributed by atoms with Crippen molar-refractivity contribution in [1.29, 1.82) is 0 Å². The number of benzene rings is 1. The molecule has 0 fully saturated rings. The predicted molar refractivity (Wildman–Crippen MR) is 136 cm³/mol. The smallest absolute Gasteiger partial charge is 0.341 e. The molecule has 0 aliphatic heterocycles.